The molecule has 2 aliphatic heterocycles. The number of nitrogens with zero attached hydrogens (tertiary/aromatic N) is 5. The molecule has 3 aromatic rings. The predicted molar refractivity (Wildman–Crippen MR) is 135 cm³/mol. The molecule has 11 heteroatoms. The zero-order chi connectivity index (χ0) is 25.6. The molecule has 194 valence electrons. The lowest BCUT2D eigenvalue weighted by atomic mass is 9.70. The molecule has 2 bridgehead atoms. The van der Waals surface area contributed by atoms with Gasteiger partial charge in [-0.1, -0.05) is 16.4 Å². The van der Waals surface area contributed by atoms with Crippen LogP contribution in [-0.4, -0.2) is 94.4 Å². The summed E-state index contributed by atoms with van der Waals surface area (Å²) in [6, 6.07) is 7.40. The highest BCUT2D eigenvalue weighted by molar-refractivity contribution is 7.16. The van der Waals surface area contributed by atoms with Crippen LogP contribution in [0, 0.1) is 6.92 Å². The van der Waals surface area contributed by atoms with Crippen molar-refractivity contribution in [2.24, 2.45) is 0 Å². The Hall–Kier alpha value is -2.57. The Balaban J connectivity index is 1.35. The molecule has 0 saturated carbocycles. The second-order valence-electron chi connectivity index (χ2n) is 9.75. The van der Waals surface area contributed by atoms with Gasteiger partial charge in [-0.05, 0) is 39.1 Å². The van der Waals surface area contributed by atoms with Crippen LogP contribution in [0.15, 0.2) is 30.5 Å². The summed E-state index contributed by atoms with van der Waals surface area (Å²) < 4.78 is 25.7. The van der Waals surface area contributed by atoms with Gasteiger partial charge in [0.25, 0.3) is 5.19 Å². The Kier molecular flexibility index (Phi) is 6.77. The number of methoxy groups -OCH3 is 3. The molecule has 4 heterocycles. The van der Waals surface area contributed by atoms with E-state index in [1.165, 1.54) is 11.3 Å². The van der Waals surface area contributed by atoms with Crippen molar-refractivity contribution in [1.82, 2.24) is 24.9 Å². The van der Waals surface area contributed by atoms with Gasteiger partial charge < -0.3 is 24.1 Å². The quantitative estimate of drug-likeness (QED) is 0.508. The molecule has 2 aromatic heterocycles. The summed E-state index contributed by atoms with van der Waals surface area (Å²) >= 11 is 1.32. The van der Waals surface area contributed by atoms with Crippen LogP contribution in [0.25, 0.3) is 16.3 Å². The van der Waals surface area contributed by atoms with Gasteiger partial charge in [-0.15, -0.1) is 5.10 Å². The van der Waals surface area contributed by atoms with Crippen LogP contribution >= 0.6 is 11.3 Å². The average molecular weight is 516 g/mol. The minimum absolute atomic E-state index is 0.0934. The summed E-state index contributed by atoms with van der Waals surface area (Å²) in [5.41, 5.74) is 1.97. The SMILES string of the molecule is COC1C(OC)C(OC)C2(C)CC(Oc3nnc(-c4ccc(-n5ccc(C)n5)cc4O)s3)CC1N2C. The lowest BCUT2D eigenvalue weighted by Crippen LogP contribution is -2.75. The normalized spacial score (nSPS) is 30.4. The molecule has 2 aliphatic rings. The molecule has 0 spiro atoms. The number of phenols is 1. The first kappa shape index (κ1) is 25.1. The van der Waals surface area contributed by atoms with Gasteiger partial charge in [-0.2, -0.15) is 5.10 Å². The van der Waals surface area contributed by atoms with Crippen molar-refractivity contribution in [2.75, 3.05) is 28.4 Å². The molecule has 36 heavy (non-hydrogen) atoms. The zero-order valence-electron chi connectivity index (χ0n) is 21.4. The van der Waals surface area contributed by atoms with Crippen LogP contribution in [0.2, 0.25) is 0 Å². The highest BCUT2D eigenvalue weighted by Gasteiger charge is 2.59. The fourth-order valence-electron chi connectivity index (χ4n) is 5.85. The minimum Gasteiger partial charge on any atom is -0.507 e. The van der Waals surface area contributed by atoms with Crippen molar-refractivity contribution < 1.29 is 24.1 Å². The molecule has 10 nitrogen and oxygen atoms in total. The number of aromatic nitrogens is 4. The first-order chi connectivity index (χ1) is 17.3. The van der Waals surface area contributed by atoms with Crippen LogP contribution in [0.1, 0.15) is 25.5 Å². The summed E-state index contributed by atoms with van der Waals surface area (Å²) in [7, 11) is 7.26. The maximum Gasteiger partial charge on any atom is 0.294 e. The number of ether oxygens (including phenoxy) is 4. The number of aryl methyl sites for hydroxylation is 1. The van der Waals surface area contributed by atoms with E-state index in [-0.39, 0.29) is 41.7 Å². The number of hydrogen-bond acceptors (Lipinski definition) is 10. The van der Waals surface area contributed by atoms with Gasteiger partial charge in [0.1, 0.15) is 30.2 Å². The average Bonchev–Trinajstić information content (AvgIpc) is 3.49. The summed E-state index contributed by atoms with van der Waals surface area (Å²) in [4.78, 5) is 2.34. The van der Waals surface area contributed by atoms with Gasteiger partial charge in [-0.3, -0.25) is 4.90 Å². The highest BCUT2D eigenvalue weighted by Crippen LogP contribution is 2.45. The Morgan fingerprint density at radius 2 is 1.86 bits per heavy atom. The minimum atomic E-state index is -0.301. The van der Waals surface area contributed by atoms with Crippen LogP contribution in [-0.2, 0) is 14.2 Å². The van der Waals surface area contributed by atoms with Crippen molar-refractivity contribution in [1.29, 1.82) is 0 Å². The molecule has 2 fully saturated rings. The van der Waals surface area contributed by atoms with Crippen molar-refractivity contribution in [3.05, 3.63) is 36.2 Å². The smallest absolute Gasteiger partial charge is 0.294 e. The predicted octanol–water partition coefficient (Wildman–Crippen LogP) is 3.06. The second-order valence-corrected chi connectivity index (χ2v) is 10.7. The number of hydrogen-bond donors (Lipinski definition) is 1. The van der Waals surface area contributed by atoms with E-state index in [4.69, 9.17) is 18.9 Å². The molecule has 6 unspecified atom stereocenters. The molecule has 1 aromatic carbocycles. The van der Waals surface area contributed by atoms with Crippen LogP contribution in [0.4, 0.5) is 0 Å². The van der Waals surface area contributed by atoms with E-state index < -0.39 is 0 Å². The zero-order valence-corrected chi connectivity index (χ0v) is 22.2. The van der Waals surface area contributed by atoms with Crippen LogP contribution in [0.3, 0.4) is 0 Å². The molecular weight excluding hydrogens is 482 g/mol. The lowest BCUT2D eigenvalue weighted by molar-refractivity contribution is -0.238. The number of benzene rings is 1. The first-order valence-corrected chi connectivity index (χ1v) is 12.8. The fraction of sp³-hybridized carbons (Fsp3) is 0.560. The van der Waals surface area contributed by atoms with Crippen LogP contribution in [0.5, 0.6) is 10.9 Å². The third-order valence-electron chi connectivity index (χ3n) is 7.73. The topological polar surface area (TPSA) is 104 Å². The number of aromatic hydroxyl groups is 1. The third-order valence-corrected chi connectivity index (χ3v) is 8.58. The second kappa shape index (κ2) is 9.71. The number of phenolic OH excluding ortho intramolecular Hbond substituents is 1. The largest absolute Gasteiger partial charge is 0.507 e. The Labute approximate surface area is 214 Å². The van der Waals surface area contributed by atoms with Gasteiger partial charge in [0, 0.05) is 52.5 Å². The Morgan fingerprint density at radius 3 is 2.50 bits per heavy atom. The molecule has 1 N–H and O–H groups in total. The van der Waals surface area contributed by atoms with Gasteiger partial charge in [0.2, 0.25) is 0 Å². The van der Waals surface area contributed by atoms with Gasteiger partial charge >= 0.3 is 0 Å². The van der Waals surface area contributed by atoms with Gasteiger partial charge in [0.15, 0.2) is 5.01 Å². The molecular formula is C25H33N5O5S. The maximum atomic E-state index is 10.7. The monoisotopic (exact) mass is 515 g/mol. The van der Waals surface area contributed by atoms with E-state index in [1.54, 1.807) is 32.1 Å². The summed E-state index contributed by atoms with van der Waals surface area (Å²) in [6.45, 7) is 4.11. The van der Waals surface area contributed by atoms with Crippen molar-refractivity contribution in [3.8, 4) is 27.2 Å². The first-order valence-electron chi connectivity index (χ1n) is 12.0. The number of piperidine rings is 2. The van der Waals surface area contributed by atoms with E-state index >= 15 is 0 Å². The summed E-state index contributed by atoms with van der Waals surface area (Å²) in [6.07, 6.45) is 2.77. The molecule has 0 aliphatic carbocycles. The van der Waals surface area contributed by atoms with E-state index in [9.17, 15) is 5.11 Å². The van der Waals surface area contributed by atoms with Gasteiger partial charge in [-0.25, -0.2) is 4.68 Å². The van der Waals surface area contributed by atoms with Gasteiger partial charge in [0.05, 0.1) is 22.5 Å². The highest BCUT2D eigenvalue weighted by atomic mass is 32.1. The number of fused-ring (bicyclic) bond motifs is 2. The summed E-state index contributed by atoms with van der Waals surface area (Å²) in [5.74, 6) is 0.112. The maximum absolute atomic E-state index is 10.7. The standard InChI is InChI=1S/C25H33N5O5S/c1-14-9-10-30(28-14)15-7-8-17(19(31)11-15)23-26-27-24(36-23)35-16-12-18-20(32-4)21(33-5)22(34-6)25(2,13-16)29(18)3/h7-11,16,18,20-22,31H,12-13H2,1-6H3. The summed E-state index contributed by atoms with van der Waals surface area (Å²) in [5, 5.41) is 24.7. The van der Waals surface area contributed by atoms with Crippen molar-refractivity contribution >= 4 is 11.3 Å². The van der Waals surface area contributed by atoms with E-state index in [2.05, 4.69) is 34.2 Å². The Morgan fingerprint density at radius 1 is 1.08 bits per heavy atom. The molecule has 5 rings (SSSR count). The Bertz CT molecular complexity index is 1220. The van der Waals surface area contributed by atoms with Crippen molar-refractivity contribution in [2.45, 2.75) is 62.7 Å². The molecule has 0 amide bonds. The molecule has 2 saturated heterocycles. The van der Waals surface area contributed by atoms with E-state index in [0.29, 0.717) is 15.8 Å². The number of rotatable bonds is 7. The molecule has 0 radical (unpaired) electrons. The van der Waals surface area contributed by atoms with E-state index in [1.807, 2.05) is 31.3 Å². The molecule has 6 atom stereocenters. The lowest BCUT2D eigenvalue weighted by Gasteiger charge is -2.60. The van der Waals surface area contributed by atoms with E-state index in [0.717, 1.165) is 24.2 Å². The van der Waals surface area contributed by atoms with Crippen molar-refractivity contribution in [3.63, 3.8) is 0 Å². The van der Waals surface area contributed by atoms with Crippen LogP contribution < -0.4 is 4.74 Å². The fourth-order valence-corrected chi connectivity index (χ4v) is 6.64. The third kappa shape index (κ3) is 4.18. The number of likely N-dealkylation sites (N-methyl/N-ethyl adjacent to an activating group) is 1.